The summed E-state index contributed by atoms with van der Waals surface area (Å²) in [6.07, 6.45) is 2.57. The van der Waals surface area contributed by atoms with E-state index in [1.807, 2.05) is 31.2 Å². The Morgan fingerprint density at radius 3 is 2.71 bits per heavy atom. The minimum Gasteiger partial charge on any atom is -0.324 e. The Balaban J connectivity index is 0.00000169. The van der Waals surface area contributed by atoms with Crippen LogP contribution in [0, 0.1) is 6.92 Å². The van der Waals surface area contributed by atoms with Crippen molar-refractivity contribution in [2.45, 2.75) is 19.4 Å². The molecule has 1 atom stereocenters. The van der Waals surface area contributed by atoms with Gasteiger partial charge in [0.05, 0.1) is 0 Å². The lowest BCUT2D eigenvalue weighted by Crippen LogP contribution is -2.11. The third kappa shape index (κ3) is 3.02. The molecule has 0 aromatic heterocycles. The van der Waals surface area contributed by atoms with E-state index >= 15 is 0 Å². The van der Waals surface area contributed by atoms with Gasteiger partial charge in [-0.05, 0) is 30.5 Å². The Bertz CT molecular complexity index is 290. The van der Waals surface area contributed by atoms with Crippen LogP contribution < -0.4 is 5.73 Å². The molecule has 3 heteroatoms. The fraction of sp³-hybridized carbons (Fsp3) is 0.273. The highest BCUT2D eigenvalue weighted by Gasteiger charge is 2.10. The normalized spacial score (nSPS) is 11.6. The van der Waals surface area contributed by atoms with Gasteiger partial charge in [-0.3, -0.25) is 0 Å². The third-order valence-corrected chi connectivity index (χ3v) is 2.39. The summed E-state index contributed by atoms with van der Waals surface area (Å²) in [4.78, 5) is 0. The van der Waals surface area contributed by atoms with E-state index in [2.05, 4.69) is 6.58 Å². The Labute approximate surface area is 96.4 Å². The average molecular weight is 232 g/mol. The molecule has 1 aromatic carbocycles. The second-order valence-electron chi connectivity index (χ2n) is 3.10. The Morgan fingerprint density at radius 1 is 1.57 bits per heavy atom. The molecule has 0 aliphatic rings. The smallest absolute Gasteiger partial charge is 0.0456 e. The van der Waals surface area contributed by atoms with E-state index in [0.717, 1.165) is 22.6 Å². The van der Waals surface area contributed by atoms with Gasteiger partial charge in [0, 0.05) is 11.1 Å². The molecule has 0 bridgehead atoms. The lowest BCUT2D eigenvalue weighted by atomic mass is 9.99. The van der Waals surface area contributed by atoms with E-state index in [1.54, 1.807) is 0 Å². The first-order chi connectivity index (χ1) is 6.16. The average Bonchev–Trinajstić information content (AvgIpc) is 2.04. The molecule has 0 aliphatic heterocycles. The molecule has 0 aliphatic carbocycles. The molecular weight excluding hydrogens is 217 g/mol. The SMILES string of the molecule is C=CC[C@H](N)c1c(C)cccc1Cl.Cl. The molecule has 0 radical (unpaired) electrons. The maximum Gasteiger partial charge on any atom is 0.0456 e. The van der Waals surface area contributed by atoms with E-state index in [4.69, 9.17) is 17.3 Å². The molecule has 0 fully saturated rings. The van der Waals surface area contributed by atoms with Crippen LogP contribution in [0.5, 0.6) is 0 Å². The van der Waals surface area contributed by atoms with E-state index in [1.165, 1.54) is 0 Å². The number of hydrogen-bond acceptors (Lipinski definition) is 1. The van der Waals surface area contributed by atoms with Crippen molar-refractivity contribution in [1.29, 1.82) is 0 Å². The third-order valence-electron chi connectivity index (χ3n) is 2.06. The van der Waals surface area contributed by atoms with E-state index < -0.39 is 0 Å². The topological polar surface area (TPSA) is 26.0 Å². The zero-order chi connectivity index (χ0) is 9.84. The van der Waals surface area contributed by atoms with Crippen molar-refractivity contribution < 1.29 is 0 Å². The maximum absolute atomic E-state index is 6.05. The van der Waals surface area contributed by atoms with Crippen molar-refractivity contribution in [3.63, 3.8) is 0 Å². The van der Waals surface area contributed by atoms with Gasteiger partial charge in [0.25, 0.3) is 0 Å². The van der Waals surface area contributed by atoms with Crippen molar-refractivity contribution >= 4 is 24.0 Å². The molecule has 1 aromatic rings. The highest BCUT2D eigenvalue weighted by atomic mass is 35.5. The Hall–Kier alpha value is -0.500. The van der Waals surface area contributed by atoms with Crippen LogP contribution in [-0.2, 0) is 0 Å². The second-order valence-corrected chi connectivity index (χ2v) is 3.51. The highest BCUT2D eigenvalue weighted by Crippen LogP contribution is 2.26. The number of benzene rings is 1. The zero-order valence-corrected chi connectivity index (χ0v) is 9.74. The van der Waals surface area contributed by atoms with Crippen LogP contribution in [-0.4, -0.2) is 0 Å². The lowest BCUT2D eigenvalue weighted by molar-refractivity contribution is 0.736. The molecule has 0 amide bonds. The number of aryl methyl sites for hydroxylation is 1. The molecular formula is C11H15Cl2N. The van der Waals surface area contributed by atoms with Crippen LogP contribution in [0.4, 0.5) is 0 Å². The minimum absolute atomic E-state index is 0. The minimum atomic E-state index is -0.0359. The first-order valence-corrected chi connectivity index (χ1v) is 4.66. The van der Waals surface area contributed by atoms with Gasteiger partial charge in [0.2, 0.25) is 0 Å². The second kappa shape index (κ2) is 6.07. The van der Waals surface area contributed by atoms with Gasteiger partial charge < -0.3 is 5.73 Å². The summed E-state index contributed by atoms with van der Waals surface area (Å²) >= 11 is 6.05. The molecule has 14 heavy (non-hydrogen) atoms. The molecule has 0 saturated carbocycles. The van der Waals surface area contributed by atoms with Gasteiger partial charge in [-0.1, -0.05) is 29.8 Å². The van der Waals surface area contributed by atoms with Crippen molar-refractivity contribution in [2.24, 2.45) is 5.73 Å². The van der Waals surface area contributed by atoms with Gasteiger partial charge in [-0.2, -0.15) is 0 Å². The molecule has 1 rings (SSSR count). The van der Waals surface area contributed by atoms with Gasteiger partial charge in [0.1, 0.15) is 0 Å². The Kier molecular flexibility index (Phi) is 5.86. The number of halogens is 2. The molecule has 1 nitrogen and oxygen atoms in total. The van der Waals surface area contributed by atoms with Gasteiger partial charge in [-0.25, -0.2) is 0 Å². The summed E-state index contributed by atoms with van der Waals surface area (Å²) in [6.45, 7) is 5.68. The lowest BCUT2D eigenvalue weighted by Gasteiger charge is -2.14. The summed E-state index contributed by atoms with van der Waals surface area (Å²) in [6, 6.07) is 5.78. The fourth-order valence-electron chi connectivity index (χ4n) is 1.41. The summed E-state index contributed by atoms with van der Waals surface area (Å²) in [7, 11) is 0. The summed E-state index contributed by atoms with van der Waals surface area (Å²) in [5.74, 6) is 0. The predicted octanol–water partition coefficient (Wildman–Crippen LogP) is 3.65. The van der Waals surface area contributed by atoms with Crippen LogP contribution in [0.3, 0.4) is 0 Å². The standard InChI is InChI=1S/C11H14ClN.ClH/c1-3-5-10(13)11-8(2)6-4-7-9(11)12;/h3-4,6-7,10H,1,5,13H2,2H3;1H/t10-;/m0./s1. The van der Waals surface area contributed by atoms with Gasteiger partial charge >= 0.3 is 0 Å². The van der Waals surface area contributed by atoms with Crippen LogP contribution in [0.15, 0.2) is 30.9 Å². The molecule has 2 N–H and O–H groups in total. The Morgan fingerprint density at radius 2 is 2.21 bits per heavy atom. The van der Waals surface area contributed by atoms with Gasteiger partial charge in [0.15, 0.2) is 0 Å². The van der Waals surface area contributed by atoms with Crippen LogP contribution >= 0.6 is 24.0 Å². The summed E-state index contributed by atoms with van der Waals surface area (Å²) < 4.78 is 0. The molecule has 78 valence electrons. The van der Waals surface area contributed by atoms with E-state index in [-0.39, 0.29) is 18.4 Å². The largest absolute Gasteiger partial charge is 0.324 e. The van der Waals surface area contributed by atoms with Crippen LogP contribution in [0.1, 0.15) is 23.6 Å². The highest BCUT2D eigenvalue weighted by molar-refractivity contribution is 6.31. The monoisotopic (exact) mass is 231 g/mol. The quantitative estimate of drug-likeness (QED) is 0.791. The number of nitrogens with two attached hydrogens (primary N) is 1. The van der Waals surface area contributed by atoms with Crippen LogP contribution in [0.25, 0.3) is 0 Å². The maximum atomic E-state index is 6.05. The van der Waals surface area contributed by atoms with Crippen molar-refractivity contribution in [3.05, 3.63) is 47.0 Å². The fourth-order valence-corrected chi connectivity index (χ4v) is 1.77. The molecule has 0 unspecified atom stereocenters. The van der Waals surface area contributed by atoms with Crippen molar-refractivity contribution in [3.8, 4) is 0 Å². The van der Waals surface area contributed by atoms with E-state index in [9.17, 15) is 0 Å². The molecule has 0 saturated heterocycles. The summed E-state index contributed by atoms with van der Waals surface area (Å²) in [5, 5.41) is 0.745. The van der Waals surface area contributed by atoms with Crippen molar-refractivity contribution in [2.75, 3.05) is 0 Å². The first-order valence-electron chi connectivity index (χ1n) is 4.28. The van der Waals surface area contributed by atoms with Crippen molar-refractivity contribution in [1.82, 2.24) is 0 Å². The molecule has 0 heterocycles. The predicted molar refractivity (Wildman–Crippen MR) is 65.2 cm³/mol. The summed E-state index contributed by atoms with van der Waals surface area (Å²) in [5.41, 5.74) is 8.12. The number of hydrogen-bond donors (Lipinski definition) is 1. The van der Waals surface area contributed by atoms with Gasteiger partial charge in [-0.15, -0.1) is 19.0 Å². The number of rotatable bonds is 3. The van der Waals surface area contributed by atoms with E-state index in [0.29, 0.717) is 0 Å². The zero-order valence-electron chi connectivity index (χ0n) is 8.16. The van der Waals surface area contributed by atoms with Crippen LogP contribution in [0.2, 0.25) is 5.02 Å². The first kappa shape index (κ1) is 13.5. The molecule has 0 spiro atoms.